The number of hydrazine groups is 1. The molecule has 28 heavy (non-hydrogen) atoms. The fourth-order valence-corrected chi connectivity index (χ4v) is 2.94. The second kappa shape index (κ2) is 9.34. The van der Waals surface area contributed by atoms with Crippen LogP contribution in [0.3, 0.4) is 0 Å². The Morgan fingerprint density at radius 1 is 1.04 bits per heavy atom. The number of nitrogens with one attached hydrogen (secondary N) is 2. The number of ether oxygens (including phenoxy) is 1. The molecule has 1 heterocycles. The Bertz CT molecular complexity index is 975. The summed E-state index contributed by atoms with van der Waals surface area (Å²) in [5.41, 5.74) is 4.91. The van der Waals surface area contributed by atoms with Gasteiger partial charge < -0.3 is 9.15 Å². The molecule has 0 radical (unpaired) electrons. The molecule has 3 rings (SSSR count). The van der Waals surface area contributed by atoms with Crippen LogP contribution in [0.25, 0.3) is 0 Å². The quantitative estimate of drug-likeness (QED) is 0.462. The highest BCUT2D eigenvalue weighted by Crippen LogP contribution is 2.22. The monoisotopic (exact) mass is 416 g/mol. The molecule has 0 spiro atoms. The van der Waals surface area contributed by atoms with Gasteiger partial charge in [0, 0.05) is 4.90 Å². The normalized spacial score (nSPS) is 10.4. The summed E-state index contributed by atoms with van der Waals surface area (Å²) in [7, 11) is 0. The number of thioether (sulfide) groups is 1. The summed E-state index contributed by atoms with van der Waals surface area (Å²) in [6.07, 6.45) is 1.89. The van der Waals surface area contributed by atoms with Gasteiger partial charge in [-0.05, 0) is 48.7 Å². The standard InChI is InChI=1S/C20H17ClN2O4S/c1-28-15-8-9-17(21)16(11-15)19(24)22-23-20(25)18-10-7-14(27-18)12-26-13-5-3-2-4-6-13/h2-11H,12H2,1H3,(H,22,24)(H,23,25). The minimum atomic E-state index is -0.587. The first kappa shape index (κ1) is 19.9. The second-order valence-corrected chi connectivity index (χ2v) is 6.91. The fraction of sp³-hybridized carbons (Fsp3) is 0.100. The van der Waals surface area contributed by atoms with Gasteiger partial charge in [-0.1, -0.05) is 29.8 Å². The summed E-state index contributed by atoms with van der Waals surface area (Å²) in [6, 6.07) is 17.5. The molecular weight excluding hydrogens is 400 g/mol. The summed E-state index contributed by atoms with van der Waals surface area (Å²) >= 11 is 7.54. The third-order valence-corrected chi connectivity index (χ3v) is 4.77. The van der Waals surface area contributed by atoms with Crippen molar-refractivity contribution >= 4 is 35.2 Å². The van der Waals surface area contributed by atoms with E-state index in [9.17, 15) is 9.59 Å². The highest BCUT2D eigenvalue weighted by molar-refractivity contribution is 7.98. The lowest BCUT2D eigenvalue weighted by molar-refractivity contribution is 0.0828. The highest BCUT2D eigenvalue weighted by atomic mass is 35.5. The van der Waals surface area contributed by atoms with Crippen LogP contribution in [0.5, 0.6) is 5.75 Å². The number of furan rings is 1. The predicted octanol–water partition coefficient (Wildman–Crippen LogP) is 4.31. The van der Waals surface area contributed by atoms with Gasteiger partial charge in [0.05, 0.1) is 10.6 Å². The summed E-state index contributed by atoms with van der Waals surface area (Å²) in [5, 5.41) is 0.294. The van der Waals surface area contributed by atoms with E-state index in [0.717, 1.165) is 4.90 Å². The Hall–Kier alpha value is -2.90. The Kier molecular flexibility index (Phi) is 6.62. The second-order valence-electron chi connectivity index (χ2n) is 5.62. The van der Waals surface area contributed by atoms with E-state index < -0.39 is 11.8 Å². The lowest BCUT2D eigenvalue weighted by atomic mass is 10.2. The molecule has 0 saturated carbocycles. The van der Waals surface area contributed by atoms with E-state index in [1.807, 2.05) is 42.7 Å². The molecule has 0 fully saturated rings. The number of amides is 2. The van der Waals surface area contributed by atoms with E-state index in [1.54, 1.807) is 18.2 Å². The Labute approximate surface area is 171 Å². The van der Waals surface area contributed by atoms with E-state index in [0.29, 0.717) is 16.5 Å². The SMILES string of the molecule is CSc1ccc(Cl)c(C(=O)NNC(=O)c2ccc(COc3ccccc3)o2)c1. The molecule has 0 unspecified atom stereocenters. The molecule has 0 saturated heterocycles. The number of hydrogen-bond acceptors (Lipinski definition) is 5. The van der Waals surface area contributed by atoms with Gasteiger partial charge in [-0.3, -0.25) is 20.4 Å². The molecule has 8 heteroatoms. The van der Waals surface area contributed by atoms with E-state index >= 15 is 0 Å². The maximum absolute atomic E-state index is 12.3. The van der Waals surface area contributed by atoms with Gasteiger partial charge in [-0.15, -0.1) is 11.8 Å². The van der Waals surface area contributed by atoms with Crippen molar-refractivity contribution in [2.24, 2.45) is 0 Å². The van der Waals surface area contributed by atoms with Gasteiger partial charge in [-0.2, -0.15) is 0 Å². The Morgan fingerprint density at radius 3 is 2.54 bits per heavy atom. The topological polar surface area (TPSA) is 80.6 Å². The summed E-state index contributed by atoms with van der Waals surface area (Å²) in [5.74, 6) is 0.124. The average molecular weight is 417 g/mol. The third-order valence-electron chi connectivity index (χ3n) is 3.72. The zero-order valence-corrected chi connectivity index (χ0v) is 16.5. The number of carbonyl (C=O) groups is 2. The lowest BCUT2D eigenvalue weighted by Gasteiger charge is -2.08. The van der Waals surface area contributed by atoms with E-state index in [2.05, 4.69) is 10.9 Å². The number of halogens is 1. The summed E-state index contributed by atoms with van der Waals surface area (Å²) in [4.78, 5) is 25.3. The van der Waals surface area contributed by atoms with Crippen LogP contribution in [0.4, 0.5) is 0 Å². The highest BCUT2D eigenvalue weighted by Gasteiger charge is 2.15. The van der Waals surface area contributed by atoms with Gasteiger partial charge in [0.15, 0.2) is 5.76 Å². The van der Waals surface area contributed by atoms with Crippen LogP contribution in [0.15, 0.2) is 70.0 Å². The molecule has 1 aromatic heterocycles. The van der Waals surface area contributed by atoms with Crippen molar-refractivity contribution in [3.8, 4) is 5.75 Å². The average Bonchev–Trinajstić information content (AvgIpc) is 3.20. The molecule has 2 N–H and O–H groups in total. The zero-order valence-electron chi connectivity index (χ0n) is 14.9. The van der Waals surface area contributed by atoms with Crippen LogP contribution in [-0.4, -0.2) is 18.1 Å². The van der Waals surface area contributed by atoms with E-state index in [-0.39, 0.29) is 17.9 Å². The summed E-state index contributed by atoms with van der Waals surface area (Å²) in [6.45, 7) is 0.181. The van der Waals surface area contributed by atoms with Gasteiger partial charge in [0.1, 0.15) is 18.1 Å². The van der Waals surface area contributed by atoms with Crippen molar-refractivity contribution in [3.63, 3.8) is 0 Å². The molecule has 144 valence electrons. The maximum atomic E-state index is 12.3. The third kappa shape index (κ3) is 5.09. The first-order valence-electron chi connectivity index (χ1n) is 8.27. The lowest BCUT2D eigenvalue weighted by Crippen LogP contribution is -2.41. The molecule has 0 aliphatic rings. The van der Waals surface area contributed by atoms with Crippen molar-refractivity contribution < 1.29 is 18.7 Å². The number of rotatable bonds is 6. The molecule has 0 atom stereocenters. The summed E-state index contributed by atoms with van der Waals surface area (Å²) < 4.78 is 11.0. The molecule has 2 aromatic carbocycles. The fourth-order valence-electron chi connectivity index (χ4n) is 2.30. The van der Waals surface area contributed by atoms with Crippen molar-refractivity contribution in [2.45, 2.75) is 11.5 Å². The molecule has 0 aliphatic carbocycles. The molecule has 6 nitrogen and oxygen atoms in total. The number of hydrogen-bond donors (Lipinski definition) is 2. The van der Waals surface area contributed by atoms with Crippen LogP contribution in [-0.2, 0) is 6.61 Å². The molecule has 0 aliphatic heterocycles. The van der Waals surface area contributed by atoms with E-state index in [4.69, 9.17) is 20.8 Å². The largest absolute Gasteiger partial charge is 0.486 e. The number of carbonyl (C=O) groups excluding carboxylic acids is 2. The Balaban J connectivity index is 1.55. The smallest absolute Gasteiger partial charge is 0.305 e. The minimum absolute atomic E-state index is 0.0518. The first-order chi connectivity index (χ1) is 13.6. The van der Waals surface area contributed by atoms with Gasteiger partial charge in [0.25, 0.3) is 5.91 Å². The van der Waals surface area contributed by atoms with Crippen molar-refractivity contribution in [1.29, 1.82) is 0 Å². The molecule has 2 amide bonds. The van der Waals surface area contributed by atoms with Crippen LogP contribution >= 0.6 is 23.4 Å². The zero-order chi connectivity index (χ0) is 19.9. The Morgan fingerprint density at radius 2 is 1.79 bits per heavy atom. The van der Waals surface area contributed by atoms with Crippen LogP contribution in [0.1, 0.15) is 26.7 Å². The van der Waals surface area contributed by atoms with Crippen LogP contribution < -0.4 is 15.6 Å². The molecule has 3 aromatic rings. The van der Waals surface area contributed by atoms with Crippen molar-refractivity contribution in [1.82, 2.24) is 10.9 Å². The predicted molar refractivity (Wildman–Crippen MR) is 108 cm³/mol. The minimum Gasteiger partial charge on any atom is -0.486 e. The van der Waals surface area contributed by atoms with Gasteiger partial charge in [0.2, 0.25) is 0 Å². The van der Waals surface area contributed by atoms with Gasteiger partial charge in [-0.25, -0.2) is 0 Å². The maximum Gasteiger partial charge on any atom is 0.305 e. The van der Waals surface area contributed by atoms with Crippen LogP contribution in [0, 0.1) is 0 Å². The first-order valence-corrected chi connectivity index (χ1v) is 9.88. The van der Waals surface area contributed by atoms with Crippen LogP contribution in [0.2, 0.25) is 5.02 Å². The number of benzene rings is 2. The molecular formula is C20H17ClN2O4S. The van der Waals surface area contributed by atoms with Crippen molar-refractivity contribution in [3.05, 3.63) is 82.8 Å². The van der Waals surface area contributed by atoms with Crippen molar-refractivity contribution in [2.75, 3.05) is 6.26 Å². The number of para-hydroxylation sites is 1. The van der Waals surface area contributed by atoms with E-state index in [1.165, 1.54) is 17.8 Å². The van der Waals surface area contributed by atoms with Gasteiger partial charge >= 0.3 is 5.91 Å². The molecule has 0 bridgehead atoms.